The lowest BCUT2D eigenvalue weighted by atomic mass is 10.2. The normalized spacial score (nSPS) is 11.3. The van der Waals surface area contributed by atoms with E-state index in [2.05, 4.69) is 33.0 Å². The number of carbonyl (C=O) groups is 1. The predicted molar refractivity (Wildman–Crippen MR) is 103 cm³/mol. The number of hydrogen-bond acceptors (Lipinski definition) is 3. The molecule has 0 saturated carbocycles. The Morgan fingerprint density at radius 1 is 1.04 bits per heavy atom. The largest absolute Gasteiger partial charge is 0.373 e. The summed E-state index contributed by atoms with van der Waals surface area (Å²) in [5, 5.41) is 1.32. The lowest BCUT2D eigenvalue weighted by molar-refractivity contribution is -0.241. The average molecular weight is 349 g/mol. The van der Waals surface area contributed by atoms with Crippen molar-refractivity contribution in [2.24, 2.45) is 0 Å². The smallest absolute Gasteiger partial charge is 0.293 e. The molecule has 134 valence electrons. The standard InChI is InChI=1S/C20H32O3Si/c1-5-9-10-11-12-17-22-23-20(21)18-13-15-19(16-14-18)24(6-2,7-3)8-4/h6,13-16H,2,5,7-12,17H2,1,3-4H3. The number of rotatable bonds is 12. The maximum atomic E-state index is 12.0. The molecule has 0 bridgehead atoms. The van der Waals surface area contributed by atoms with E-state index in [4.69, 9.17) is 9.78 Å². The third-order valence-corrected chi connectivity index (χ3v) is 9.60. The van der Waals surface area contributed by atoms with Crippen molar-refractivity contribution >= 4 is 19.2 Å². The molecule has 1 aromatic rings. The molecule has 1 rings (SSSR count). The van der Waals surface area contributed by atoms with Gasteiger partial charge in [0.05, 0.1) is 12.2 Å². The third kappa shape index (κ3) is 5.91. The molecular weight excluding hydrogens is 316 g/mol. The van der Waals surface area contributed by atoms with Crippen LogP contribution in [0.4, 0.5) is 0 Å². The molecule has 3 nitrogen and oxygen atoms in total. The van der Waals surface area contributed by atoms with Gasteiger partial charge >= 0.3 is 5.97 Å². The molecule has 4 heteroatoms. The lowest BCUT2D eigenvalue weighted by Gasteiger charge is -2.25. The second kappa shape index (κ2) is 11.2. The second-order valence-electron chi connectivity index (χ2n) is 6.25. The van der Waals surface area contributed by atoms with Gasteiger partial charge in [-0.1, -0.05) is 81.6 Å². The van der Waals surface area contributed by atoms with Gasteiger partial charge in [0.15, 0.2) is 0 Å². The summed E-state index contributed by atoms with van der Waals surface area (Å²) >= 11 is 0. The van der Waals surface area contributed by atoms with Crippen LogP contribution >= 0.6 is 0 Å². The summed E-state index contributed by atoms with van der Waals surface area (Å²) in [6.45, 7) is 11.1. The molecule has 0 saturated heterocycles. The van der Waals surface area contributed by atoms with Crippen LogP contribution in [0.3, 0.4) is 0 Å². The molecular formula is C20H32O3Si. The van der Waals surface area contributed by atoms with Crippen LogP contribution in [0.15, 0.2) is 36.5 Å². The van der Waals surface area contributed by atoms with Gasteiger partial charge in [0.25, 0.3) is 0 Å². The summed E-state index contributed by atoms with van der Waals surface area (Å²) in [6, 6.07) is 10.00. The minimum Gasteiger partial charge on any atom is -0.293 e. The van der Waals surface area contributed by atoms with Gasteiger partial charge in [-0.05, 0) is 18.6 Å². The van der Waals surface area contributed by atoms with Gasteiger partial charge in [-0.2, -0.15) is 4.89 Å². The highest BCUT2D eigenvalue weighted by molar-refractivity contribution is 6.95. The summed E-state index contributed by atoms with van der Waals surface area (Å²) in [4.78, 5) is 21.9. The van der Waals surface area contributed by atoms with Crippen molar-refractivity contribution in [1.29, 1.82) is 0 Å². The van der Waals surface area contributed by atoms with Crippen LogP contribution in [0, 0.1) is 0 Å². The van der Waals surface area contributed by atoms with Crippen LogP contribution in [0.1, 0.15) is 63.2 Å². The molecule has 0 spiro atoms. The molecule has 0 aromatic heterocycles. The van der Waals surface area contributed by atoms with Gasteiger partial charge in [0, 0.05) is 0 Å². The summed E-state index contributed by atoms with van der Waals surface area (Å²) in [5.41, 5.74) is 2.67. The van der Waals surface area contributed by atoms with E-state index in [1.807, 2.05) is 24.3 Å². The Kier molecular flexibility index (Phi) is 9.65. The van der Waals surface area contributed by atoms with E-state index in [0.717, 1.165) is 24.9 Å². The zero-order chi connectivity index (χ0) is 17.8. The monoisotopic (exact) mass is 348 g/mol. The summed E-state index contributed by atoms with van der Waals surface area (Å²) in [7, 11) is -1.62. The Morgan fingerprint density at radius 3 is 2.21 bits per heavy atom. The third-order valence-electron chi connectivity index (χ3n) is 4.81. The number of carbonyl (C=O) groups excluding carboxylic acids is 1. The first kappa shape index (κ1) is 20.7. The molecule has 0 aliphatic rings. The topological polar surface area (TPSA) is 35.5 Å². The van der Waals surface area contributed by atoms with Crippen molar-refractivity contribution < 1.29 is 14.6 Å². The molecule has 0 atom stereocenters. The highest BCUT2D eigenvalue weighted by atomic mass is 28.3. The molecule has 0 aliphatic carbocycles. The first-order valence-electron chi connectivity index (χ1n) is 9.21. The molecule has 0 fully saturated rings. The van der Waals surface area contributed by atoms with E-state index >= 15 is 0 Å². The number of unbranched alkanes of at least 4 members (excludes halogenated alkanes) is 4. The van der Waals surface area contributed by atoms with E-state index < -0.39 is 14.0 Å². The van der Waals surface area contributed by atoms with E-state index in [1.54, 1.807) is 0 Å². The average Bonchev–Trinajstić information content (AvgIpc) is 2.63. The molecule has 0 amide bonds. The van der Waals surface area contributed by atoms with E-state index in [9.17, 15) is 4.79 Å². The minimum absolute atomic E-state index is 0.422. The van der Waals surface area contributed by atoms with E-state index in [-0.39, 0.29) is 0 Å². The zero-order valence-electron chi connectivity index (χ0n) is 15.5. The highest BCUT2D eigenvalue weighted by Crippen LogP contribution is 2.17. The van der Waals surface area contributed by atoms with Crippen molar-refractivity contribution in [3.8, 4) is 0 Å². The minimum atomic E-state index is -1.62. The molecule has 0 unspecified atom stereocenters. The fourth-order valence-corrected chi connectivity index (χ4v) is 5.87. The fourth-order valence-electron chi connectivity index (χ4n) is 2.91. The van der Waals surface area contributed by atoms with Crippen LogP contribution in [-0.4, -0.2) is 20.7 Å². The Balaban J connectivity index is 2.48. The predicted octanol–water partition coefficient (Wildman–Crippen LogP) is 5.17. The quantitative estimate of drug-likeness (QED) is 0.226. The van der Waals surface area contributed by atoms with E-state index in [1.165, 1.54) is 24.4 Å². The Bertz CT molecular complexity index is 492. The van der Waals surface area contributed by atoms with Crippen LogP contribution in [0.25, 0.3) is 0 Å². The summed E-state index contributed by atoms with van der Waals surface area (Å²) in [6.07, 6.45) is 5.71. The summed E-state index contributed by atoms with van der Waals surface area (Å²) in [5.74, 6) is -0.422. The Labute approximate surface area is 148 Å². The summed E-state index contributed by atoms with van der Waals surface area (Å²) < 4.78 is 0. The lowest BCUT2D eigenvalue weighted by Crippen LogP contribution is -2.44. The van der Waals surface area contributed by atoms with E-state index in [0.29, 0.717) is 12.2 Å². The van der Waals surface area contributed by atoms with Crippen molar-refractivity contribution in [2.75, 3.05) is 6.61 Å². The molecule has 24 heavy (non-hydrogen) atoms. The zero-order valence-corrected chi connectivity index (χ0v) is 16.5. The maximum absolute atomic E-state index is 12.0. The second-order valence-corrected chi connectivity index (χ2v) is 11.0. The maximum Gasteiger partial charge on any atom is 0.373 e. The fraction of sp³-hybridized carbons (Fsp3) is 0.550. The van der Waals surface area contributed by atoms with Gasteiger partial charge in [0.1, 0.15) is 8.07 Å². The Morgan fingerprint density at radius 2 is 1.67 bits per heavy atom. The van der Waals surface area contributed by atoms with Gasteiger partial charge in [-0.3, -0.25) is 4.89 Å². The van der Waals surface area contributed by atoms with Crippen LogP contribution < -0.4 is 5.19 Å². The highest BCUT2D eigenvalue weighted by Gasteiger charge is 2.27. The van der Waals surface area contributed by atoms with Gasteiger partial charge in [-0.15, -0.1) is 6.58 Å². The number of hydrogen-bond donors (Lipinski definition) is 0. The molecule has 0 radical (unpaired) electrons. The van der Waals surface area contributed by atoms with Crippen LogP contribution in [-0.2, 0) is 9.78 Å². The first-order chi connectivity index (χ1) is 11.6. The van der Waals surface area contributed by atoms with Crippen molar-refractivity contribution in [1.82, 2.24) is 0 Å². The molecule has 0 aliphatic heterocycles. The molecule has 1 aromatic carbocycles. The van der Waals surface area contributed by atoms with Gasteiger partial charge in [-0.25, -0.2) is 4.79 Å². The van der Waals surface area contributed by atoms with Crippen LogP contribution in [0.2, 0.25) is 12.1 Å². The SMILES string of the molecule is C=C[Si](CC)(CC)c1ccc(C(=O)OOCCCCCCC)cc1. The van der Waals surface area contributed by atoms with Gasteiger partial charge in [0.2, 0.25) is 0 Å². The van der Waals surface area contributed by atoms with Crippen molar-refractivity contribution in [3.63, 3.8) is 0 Å². The molecule has 0 N–H and O–H groups in total. The molecule has 0 heterocycles. The number of benzene rings is 1. The van der Waals surface area contributed by atoms with Crippen molar-refractivity contribution in [2.45, 2.75) is 65.0 Å². The Hall–Kier alpha value is -1.39. The van der Waals surface area contributed by atoms with Crippen molar-refractivity contribution in [3.05, 3.63) is 42.1 Å². The first-order valence-corrected chi connectivity index (χ1v) is 11.7. The van der Waals surface area contributed by atoms with Crippen LogP contribution in [0.5, 0.6) is 0 Å². The van der Waals surface area contributed by atoms with Gasteiger partial charge < -0.3 is 0 Å².